The highest BCUT2D eigenvalue weighted by molar-refractivity contribution is 5.75. The van der Waals surface area contributed by atoms with E-state index in [0.717, 1.165) is 34.2 Å². The summed E-state index contributed by atoms with van der Waals surface area (Å²) in [4.78, 5) is 8.66. The summed E-state index contributed by atoms with van der Waals surface area (Å²) < 4.78 is 1.74. The molecule has 0 atom stereocenters. The molecule has 0 aliphatic rings. The Labute approximate surface area is 117 Å². The molecule has 0 aliphatic heterocycles. The van der Waals surface area contributed by atoms with Gasteiger partial charge in [-0.05, 0) is 19.9 Å². The van der Waals surface area contributed by atoms with Crippen molar-refractivity contribution in [2.75, 3.05) is 5.73 Å². The van der Waals surface area contributed by atoms with Gasteiger partial charge in [-0.1, -0.05) is 18.2 Å². The average Bonchev–Trinajstić information content (AvgIpc) is 2.87. The van der Waals surface area contributed by atoms with Crippen LogP contribution in [0, 0.1) is 13.8 Å². The molecule has 0 amide bonds. The number of rotatable bonds is 2. The summed E-state index contributed by atoms with van der Waals surface area (Å²) in [7, 11) is 0. The smallest absolute Gasteiger partial charge is 0.157 e. The number of nitrogen functional groups attached to an aromatic ring is 1. The Bertz CT molecular complexity index is 740. The molecule has 0 aliphatic carbocycles. The second-order valence-corrected chi connectivity index (χ2v) is 4.68. The normalized spacial score (nSPS) is 10.7. The molecule has 0 fully saturated rings. The standard InChI is InChI=1S/C15H15N5/c1-10-7-15(19-11(2)18-10)20-9-12(8-17-20)13-5-3-4-6-14(13)16/h3-9H,16H2,1-2H3. The molecule has 2 N–H and O–H groups in total. The van der Waals surface area contributed by atoms with Gasteiger partial charge in [0.2, 0.25) is 0 Å². The second-order valence-electron chi connectivity index (χ2n) is 4.68. The van der Waals surface area contributed by atoms with E-state index in [1.807, 2.05) is 50.4 Å². The van der Waals surface area contributed by atoms with Crippen LogP contribution in [-0.4, -0.2) is 19.7 Å². The fourth-order valence-electron chi connectivity index (χ4n) is 2.16. The number of aryl methyl sites for hydroxylation is 2. The highest BCUT2D eigenvalue weighted by Gasteiger charge is 2.07. The summed E-state index contributed by atoms with van der Waals surface area (Å²) in [5.74, 6) is 1.49. The first-order chi connectivity index (χ1) is 9.63. The van der Waals surface area contributed by atoms with Crippen molar-refractivity contribution in [1.29, 1.82) is 0 Å². The van der Waals surface area contributed by atoms with E-state index >= 15 is 0 Å². The minimum absolute atomic E-state index is 0.733. The summed E-state index contributed by atoms with van der Waals surface area (Å²) >= 11 is 0. The van der Waals surface area contributed by atoms with Crippen molar-refractivity contribution in [3.05, 3.63) is 54.2 Å². The first-order valence-electron chi connectivity index (χ1n) is 6.36. The van der Waals surface area contributed by atoms with E-state index in [1.165, 1.54) is 0 Å². The third-order valence-corrected chi connectivity index (χ3v) is 3.04. The molecule has 2 aromatic heterocycles. The van der Waals surface area contributed by atoms with E-state index in [9.17, 15) is 0 Å². The molecule has 5 heteroatoms. The maximum atomic E-state index is 5.99. The molecule has 0 spiro atoms. The van der Waals surface area contributed by atoms with Crippen molar-refractivity contribution in [3.63, 3.8) is 0 Å². The Morgan fingerprint density at radius 3 is 2.65 bits per heavy atom. The Kier molecular flexibility index (Phi) is 2.95. The minimum atomic E-state index is 0.733. The lowest BCUT2D eigenvalue weighted by Gasteiger charge is -2.03. The fourth-order valence-corrected chi connectivity index (χ4v) is 2.16. The lowest BCUT2D eigenvalue weighted by atomic mass is 10.1. The Morgan fingerprint density at radius 2 is 1.90 bits per heavy atom. The number of benzene rings is 1. The van der Waals surface area contributed by atoms with Gasteiger partial charge in [0.15, 0.2) is 5.82 Å². The Balaban J connectivity index is 2.04. The SMILES string of the molecule is Cc1cc(-n2cc(-c3ccccc3N)cn2)nc(C)n1. The number of aromatic nitrogens is 4. The molecule has 0 saturated carbocycles. The summed E-state index contributed by atoms with van der Waals surface area (Å²) in [6.45, 7) is 3.81. The van der Waals surface area contributed by atoms with Crippen LogP contribution in [0.4, 0.5) is 5.69 Å². The van der Waals surface area contributed by atoms with E-state index < -0.39 is 0 Å². The maximum absolute atomic E-state index is 5.99. The zero-order valence-electron chi connectivity index (χ0n) is 11.4. The molecular formula is C15H15N5. The molecule has 20 heavy (non-hydrogen) atoms. The highest BCUT2D eigenvalue weighted by Crippen LogP contribution is 2.25. The van der Waals surface area contributed by atoms with Gasteiger partial charge in [-0.25, -0.2) is 14.6 Å². The zero-order chi connectivity index (χ0) is 14.1. The van der Waals surface area contributed by atoms with Crippen molar-refractivity contribution >= 4 is 5.69 Å². The summed E-state index contributed by atoms with van der Waals surface area (Å²) in [5.41, 5.74) is 9.59. The van der Waals surface area contributed by atoms with Gasteiger partial charge >= 0.3 is 0 Å². The number of para-hydroxylation sites is 1. The van der Waals surface area contributed by atoms with E-state index in [1.54, 1.807) is 10.9 Å². The lowest BCUT2D eigenvalue weighted by Crippen LogP contribution is -2.02. The Hall–Kier alpha value is -2.69. The third kappa shape index (κ3) is 2.25. The van der Waals surface area contributed by atoms with Gasteiger partial charge in [0.1, 0.15) is 5.82 Å². The maximum Gasteiger partial charge on any atom is 0.157 e. The van der Waals surface area contributed by atoms with Gasteiger partial charge in [0.25, 0.3) is 0 Å². The first-order valence-corrected chi connectivity index (χ1v) is 6.36. The van der Waals surface area contributed by atoms with Gasteiger partial charge in [0, 0.05) is 34.8 Å². The summed E-state index contributed by atoms with van der Waals surface area (Å²) in [6.07, 6.45) is 3.71. The molecule has 0 unspecified atom stereocenters. The van der Waals surface area contributed by atoms with Crippen molar-refractivity contribution in [1.82, 2.24) is 19.7 Å². The lowest BCUT2D eigenvalue weighted by molar-refractivity contribution is 0.822. The van der Waals surface area contributed by atoms with Gasteiger partial charge in [0.05, 0.1) is 6.20 Å². The van der Waals surface area contributed by atoms with E-state index in [4.69, 9.17) is 5.73 Å². The number of nitrogens with zero attached hydrogens (tertiary/aromatic N) is 4. The molecule has 1 aromatic carbocycles. The van der Waals surface area contributed by atoms with Crippen LogP contribution in [0.25, 0.3) is 16.9 Å². The van der Waals surface area contributed by atoms with Crippen molar-refractivity contribution in [2.24, 2.45) is 0 Å². The molecule has 2 heterocycles. The third-order valence-electron chi connectivity index (χ3n) is 3.04. The van der Waals surface area contributed by atoms with E-state index in [-0.39, 0.29) is 0 Å². The fraction of sp³-hybridized carbons (Fsp3) is 0.133. The zero-order valence-corrected chi connectivity index (χ0v) is 11.4. The van der Waals surface area contributed by atoms with Gasteiger partial charge < -0.3 is 5.73 Å². The van der Waals surface area contributed by atoms with Crippen LogP contribution in [0.2, 0.25) is 0 Å². The summed E-state index contributed by atoms with van der Waals surface area (Å²) in [6, 6.07) is 9.64. The Morgan fingerprint density at radius 1 is 1.10 bits per heavy atom. The predicted octanol–water partition coefficient (Wildman–Crippen LogP) is 2.53. The molecule has 3 aromatic rings. The van der Waals surface area contributed by atoms with Crippen molar-refractivity contribution < 1.29 is 0 Å². The molecule has 0 saturated heterocycles. The largest absolute Gasteiger partial charge is 0.398 e. The molecule has 0 bridgehead atoms. The number of nitrogens with two attached hydrogens (primary N) is 1. The summed E-state index contributed by atoms with van der Waals surface area (Å²) in [5, 5.41) is 4.36. The van der Waals surface area contributed by atoms with Crippen LogP contribution in [0.3, 0.4) is 0 Å². The number of hydrogen-bond donors (Lipinski definition) is 1. The van der Waals surface area contributed by atoms with Crippen LogP contribution in [0.15, 0.2) is 42.7 Å². The minimum Gasteiger partial charge on any atom is -0.398 e. The van der Waals surface area contributed by atoms with Gasteiger partial charge in [-0.15, -0.1) is 0 Å². The van der Waals surface area contributed by atoms with E-state index in [0.29, 0.717) is 0 Å². The van der Waals surface area contributed by atoms with Crippen molar-refractivity contribution in [2.45, 2.75) is 13.8 Å². The van der Waals surface area contributed by atoms with Crippen LogP contribution in [-0.2, 0) is 0 Å². The number of anilines is 1. The molecular weight excluding hydrogens is 250 g/mol. The van der Waals surface area contributed by atoms with Crippen LogP contribution >= 0.6 is 0 Å². The molecule has 0 radical (unpaired) electrons. The monoisotopic (exact) mass is 265 g/mol. The quantitative estimate of drug-likeness (QED) is 0.723. The average molecular weight is 265 g/mol. The van der Waals surface area contributed by atoms with Gasteiger partial charge in [-0.3, -0.25) is 0 Å². The molecule has 5 nitrogen and oxygen atoms in total. The van der Waals surface area contributed by atoms with Gasteiger partial charge in [-0.2, -0.15) is 5.10 Å². The second kappa shape index (κ2) is 4.77. The van der Waals surface area contributed by atoms with Crippen LogP contribution < -0.4 is 5.73 Å². The molecule has 3 rings (SSSR count). The van der Waals surface area contributed by atoms with E-state index in [2.05, 4.69) is 15.1 Å². The molecule has 100 valence electrons. The van der Waals surface area contributed by atoms with Crippen molar-refractivity contribution in [3.8, 4) is 16.9 Å². The van der Waals surface area contributed by atoms with Crippen LogP contribution in [0.5, 0.6) is 0 Å². The topological polar surface area (TPSA) is 69.6 Å². The van der Waals surface area contributed by atoms with Crippen LogP contribution in [0.1, 0.15) is 11.5 Å². The number of hydrogen-bond acceptors (Lipinski definition) is 4. The highest BCUT2D eigenvalue weighted by atomic mass is 15.3. The predicted molar refractivity (Wildman–Crippen MR) is 78.5 cm³/mol. The first kappa shape index (κ1) is 12.3.